The molecule has 0 aliphatic heterocycles. The largest absolute Gasteiger partial charge is 0.396 e. The molecule has 0 spiro atoms. The Morgan fingerprint density at radius 2 is 1.45 bits per heavy atom. The van der Waals surface area contributed by atoms with E-state index >= 15 is 0 Å². The highest BCUT2D eigenvalue weighted by Gasteiger charge is 2.30. The van der Waals surface area contributed by atoms with Crippen LogP contribution in [-0.2, 0) is 17.6 Å². The van der Waals surface area contributed by atoms with Gasteiger partial charge in [-0.25, -0.2) is 19.9 Å². The van der Waals surface area contributed by atoms with Crippen LogP contribution >= 0.6 is 0 Å². The van der Waals surface area contributed by atoms with Gasteiger partial charge in [0.15, 0.2) is 17.5 Å². The van der Waals surface area contributed by atoms with Crippen molar-refractivity contribution in [3.63, 3.8) is 0 Å². The highest BCUT2D eigenvalue weighted by Crippen LogP contribution is 2.20. The Morgan fingerprint density at radius 1 is 0.833 bits per heavy atom. The van der Waals surface area contributed by atoms with E-state index in [1.165, 1.54) is 4.90 Å². The molecule has 0 saturated heterocycles. The van der Waals surface area contributed by atoms with Crippen molar-refractivity contribution in [1.82, 2.24) is 35.5 Å². The Bertz CT molecular complexity index is 1760. The highest BCUT2D eigenvalue weighted by atomic mass is 16.4. The number of guanidine groups is 1. The number of aliphatic hydroxyl groups is 7. The summed E-state index contributed by atoms with van der Waals surface area (Å²) in [5.41, 5.74) is 10.4. The highest BCUT2D eigenvalue weighted by molar-refractivity contribution is 6.06. The van der Waals surface area contributed by atoms with Crippen molar-refractivity contribution in [2.45, 2.75) is 109 Å². The minimum Gasteiger partial charge on any atom is -0.396 e. The standard InChI is InChI=1S/C41H64N10O9/c1-5-8-30(53)37(58)32(55)23-51(24-33(56)38(59)31(54)16-20-52)19-18-44-35(57)15-14-34-46-21-29(22-47-34)28-12-10-27(11-13-28)9-6-7-17-45-41(42)50-40(60)36-39(43-4)49-26(3)25(2)48-36/h10-13,21-22,30-33,37-38,52-56,58-59H,5-9,14-20,23-24H2,1-4H3,(H,43,49)(H,44,57)(H3,42,45,50,60). The first kappa shape index (κ1) is 49.6. The number of rotatable bonds is 26. The number of anilines is 1. The zero-order valence-electron chi connectivity index (χ0n) is 35.0. The van der Waals surface area contributed by atoms with Crippen molar-refractivity contribution in [2.75, 3.05) is 51.7 Å². The van der Waals surface area contributed by atoms with E-state index in [9.17, 15) is 40.2 Å². The van der Waals surface area contributed by atoms with Gasteiger partial charge in [-0.2, -0.15) is 0 Å². The number of nitrogens with two attached hydrogens (primary N) is 1. The molecule has 19 nitrogen and oxygen atoms in total. The number of amides is 2. The van der Waals surface area contributed by atoms with E-state index in [4.69, 9.17) is 10.8 Å². The molecule has 2 heterocycles. The number of benzene rings is 1. The molecule has 0 fully saturated rings. The van der Waals surface area contributed by atoms with Crippen LogP contribution in [0.2, 0.25) is 0 Å². The predicted molar refractivity (Wildman–Crippen MR) is 226 cm³/mol. The molecule has 12 N–H and O–H groups in total. The molecule has 0 aliphatic carbocycles. The fourth-order valence-electron chi connectivity index (χ4n) is 6.24. The Balaban J connectivity index is 1.42. The van der Waals surface area contributed by atoms with Gasteiger partial charge in [0.05, 0.1) is 35.8 Å². The van der Waals surface area contributed by atoms with Crippen LogP contribution in [0.25, 0.3) is 11.1 Å². The lowest BCUT2D eigenvalue weighted by Crippen LogP contribution is -2.51. The van der Waals surface area contributed by atoms with Gasteiger partial charge in [0.2, 0.25) is 5.91 Å². The number of aliphatic imine (C=N–C) groups is 1. The van der Waals surface area contributed by atoms with Gasteiger partial charge in [-0.05, 0) is 57.1 Å². The molecule has 2 aromatic heterocycles. The third kappa shape index (κ3) is 16.4. The van der Waals surface area contributed by atoms with Crippen LogP contribution in [0.4, 0.5) is 5.82 Å². The monoisotopic (exact) mass is 840 g/mol. The summed E-state index contributed by atoms with van der Waals surface area (Å²) in [6, 6.07) is 8.07. The number of nitrogens with zero attached hydrogens (tertiary/aromatic N) is 6. The Morgan fingerprint density at radius 3 is 2.05 bits per heavy atom. The van der Waals surface area contributed by atoms with Crippen molar-refractivity contribution in [2.24, 2.45) is 10.7 Å². The van der Waals surface area contributed by atoms with E-state index < -0.39 is 49.1 Å². The van der Waals surface area contributed by atoms with Gasteiger partial charge in [0.25, 0.3) is 5.91 Å². The van der Waals surface area contributed by atoms with E-state index in [1.54, 1.807) is 26.4 Å². The van der Waals surface area contributed by atoms with E-state index in [0.717, 1.165) is 41.6 Å². The molecule has 332 valence electrons. The number of aryl methyl sites for hydroxylation is 4. The summed E-state index contributed by atoms with van der Waals surface area (Å²) >= 11 is 0. The molecule has 19 heteroatoms. The average Bonchev–Trinajstić information content (AvgIpc) is 3.23. The van der Waals surface area contributed by atoms with E-state index in [-0.39, 0.29) is 69.4 Å². The summed E-state index contributed by atoms with van der Waals surface area (Å²) in [6.07, 6.45) is -1.46. The molecule has 3 rings (SSSR count). The minimum absolute atomic E-state index is 0.0171. The summed E-state index contributed by atoms with van der Waals surface area (Å²) in [4.78, 5) is 48.7. The van der Waals surface area contributed by atoms with Crippen LogP contribution < -0.4 is 21.7 Å². The van der Waals surface area contributed by atoms with Crippen LogP contribution in [0.15, 0.2) is 41.7 Å². The van der Waals surface area contributed by atoms with Crippen molar-refractivity contribution < 1.29 is 45.3 Å². The fourth-order valence-corrected chi connectivity index (χ4v) is 6.24. The zero-order chi connectivity index (χ0) is 44.2. The number of hydrogen-bond acceptors (Lipinski definition) is 16. The van der Waals surface area contributed by atoms with Gasteiger partial charge in [-0.3, -0.25) is 24.8 Å². The molecule has 6 atom stereocenters. The van der Waals surface area contributed by atoms with Crippen LogP contribution in [0.3, 0.4) is 0 Å². The van der Waals surface area contributed by atoms with Gasteiger partial charge >= 0.3 is 0 Å². The lowest BCUT2D eigenvalue weighted by molar-refractivity contribution is -0.121. The van der Waals surface area contributed by atoms with E-state index in [1.807, 2.05) is 38.1 Å². The number of hydrogen-bond donors (Lipinski definition) is 11. The van der Waals surface area contributed by atoms with Crippen LogP contribution in [0.5, 0.6) is 0 Å². The maximum atomic E-state index is 12.7. The molecule has 6 unspecified atom stereocenters. The first-order chi connectivity index (χ1) is 28.7. The van der Waals surface area contributed by atoms with Gasteiger partial charge in [-0.15, -0.1) is 0 Å². The topological polar surface area (TPSA) is 305 Å². The molecule has 60 heavy (non-hydrogen) atoms. The molecule has 0 bridgehead atoms. The quantitative estimate of drug-likeness (QED) is 0.0272. The number of nitrogens with one attached hydrogen (secondary N) is 3. The van der Waals surface area contributed by atoms with Crippen LogP contribution in [-0.4, -0.2) is 161 Å². The Hall–Kier alpha value is -4.73. The van der Waals surface area contributed by atoms with Gasteiger partial charge in [0.1, 0.15) is 18.0 Å². The Labute approximate surface area is 351 Å². The SMILES string of the molecule is CCCC(O)C(O)C(O)CN(CCNC(=O)CCc1ncc(-c2ccc(CCCCN=C(N)NC(=O)c3nc(C)c(C)nc3NC)cc2)cn1)CC(O)C(O)C(O)CCO. The van der Waals surface area contributed by atoms with E-state index in [0.29, 0.717) is 30.3 Å². The van der Waals surface area contributed by atoms with Crippen molar-refractivity contribution in [3.05, 3.63) is 65.1 Å². The summed E-state index contributed by atoms with van der Waals surface area (Å²) in [5, 5.41) is 79.2. The molecule has 0 aliphatic rings. The Kier molecular flexibility index (Phi) is 21.3. The minimum atomic E-state index is -1.58. The van der Waals surface area contributed by atoms with Gasteiger partial charge < -0.3 is 52.1 Å². The molecule has 2 amide bonds. The van der Waals surface area contributed by atoms with Crippen molar-refractivity contribution in [3.8, 4) is 11.1 Å². The van der Waals surface area contributed by atoms with Crippen LogP contribution in [0, 0.1) is 13.8 Å². The second kappa shape index (κ2) is 25.8. The molecule has 1 aromatic carbocycles. The molecule has 0 saturated carbocycles. The number of aromatic nitrogens is 4. The average molecular weight is 841 g/mol. The smallest absolute Gasteiger partial charge is 0.280 e. The summed E-state index contributed by atoms with van der Waals surface area (Å²) in [7, 11) is 1.67. The number of carbonyl (C=O) groups excluding carboxylic acids is 2. The first-order valence-corrected chi connectivity index (χ1v) is 20.4. The fraction of sp³-hybridized carbons (Fsp3) is 0.585. The zero-order valence-corrected chi connectivity index (χ0v) is 35.0. The second-order valence-electron chi connectivity index (χ2n) is 14.8. The second-order valence-corrected chi connectivity index (χ2v) is 14.8. The lowest BCUT2D eigenvalue weighted by atomic mass is 10.0. The van der Waals surface area contributed by atoms with Crippen molar-refractivity contribution in [1.29, 1.82) is 0 Å². The summed E-state index contributed by atoms with van der Waals surface area (Å²) < 4.78 is 0. The number of carbonyl (C=O) groups is 2. The first-order valence-electron chi connectivity index (χ1n) is 20.4. The van der Waals surface area contributed by atoms with Gasteiger partial charge in [-0.1, -0.05) is 37.6 Å². The number of unbranched alkanes of at least 4 members (excludes halogenated alkanes) is 1. The number of aliphatic hydroxyl groups excluding tert-OH is 7. The lowest BCUT2D eigenvalue weighted by Gasteiger charge is -2.32. The molecular weight excluding hydrogens is 777 g/mol. The van der Waals surface area contributed by atoms with Gasteiger partial charge in [0, 0.05) is 77.2 Å². The molecule has 3 aromatic rings. The summed E-state index contributed by atoms with van der Waals surface area (Å²) in [5.74, 6) is 0.0937. The van der Waals surface area contributed by atoms with E-state index in [2.05, 4.69) is 40.9 Å². The summed E-state index contributed by atoms with van der Waals surface area (Å²) in [6.45, 7) is 5.27. The normalized spacial score (nSPS) is 14.9. The third-order valence-electron chi connectivity index (χ3n) is 9.95. The molecular formula is C41H64N10O9. The maximum absolute atomic E-state index is 12.7. The predicted octanol–water partition coefficient (Wildman–Crippen LogP) is -0.642. The maximum Gasteiger partial charge on any atom is 0.280 e. The van der Waals surface area contributed by atoms with Crippen molar-refractivity contribution >= 4 is 23.6 Å². The third-order valence-corrected chi connectivity index (χ3v) is 9.95. The molecule has 0 radical (unpaired) electrons. The van der Waals surface area contributed by atoms with Crippen LogP contribution in [0.1, 0.15) is 78.7 Å².